The Hall–Kier alpha value is -2.04. The molecule has 0 spiro atoms. The van der Waals surface area contributed by atoms with Crippen molar-refractivity contribution in [2.75, 3.05) is 0 Å². The van der Waals surface area contributed by atoms with E-state index in [4.69, 9.17) is 10.8 Å². The van der Waals surface area contributed by atoms with Gasteiger partial charge in [0.15, 0.2) is 0 Å². The van der Waals surface area contributed by atoms with Gasteiger partial charge in [-0.25, -0.2) is 4.79 Å². The normalized spacial score (nSPS) is 18.2. The summed E-state index contributed by atoms with van der Waals surface area (Å²) in [6.45, 7) is 0. The molecule has 0 aromatic heterocycles. The Labute approximate surface area is 98.6 Å². The molecule has 1 unspecified atom stereocenters. The molecule has 5 nitrogen and oxygen atoms in total. The van der Waals surface area contributed by atoms with Crippen molar-refractivity contribution in [1.82, 2.24) is 5.32 Å². The van der Waals surface area contributed by atoms with Gasteiger partial charge in [0.2, 0.25) is 5.91 Å². The molecule has 0 radical (unpaired) electrons. The molecule has 1 aliphatic carbocycles. The number of fused-ring (bicyclic) bond motifs is 1. The second kappa shape index (κ2) is 4.45. The molecule has 0 aliphatic heterocycles. The van der Waals surface area contributed by atoms with Crippen LogP contribution in [0.25, 0.3) is 0 Å². The molecule has 1 aromatic carbocycles. The molecule has 5 heteroatoms. The molecule has 1 aromatic rings. The Morgan fingerprint density at radius 2 is 2.18 bits per heavy atom. The lowest BCUT2D eigenvalue weighted by atomic mass is 9.85. The number of carbonyl (C=O) groups excluding carboxylic acids is 1. The van der Waals surface area contributed by atoms with Crippen LogP contribution in [-0.4, -0.2) is 17.1 Å². The van der Waals surface area contributed by atoms with E-state index in [2.05, 4.69) is 5.32 Å². The van der Waals surface area contributed by atoms with Crippen LogP contribution in [0.1, 0.15) is 40.4 Å². The minimum absolute atomic E-state index is 0.240. The number of carbonyl (C=O) groups is 2. The molecule has 1 aliphatic rings. The highest BCUT2D eigenvalue weighted by atomic mass is 16.4. The van der Waals surface area contributed by atoms with Gasteiger partial charge in [-0.05, 0) is 36.5 Å². The summed E-state index contributed by atoms with van der Waals surface area (Å²) in [4.78, 5) is 22.0. The molecule has 90 valence electrons. The van der Waals surface area contributed by atoms with Gasteiger partial charge in [-0.15, -0.1) is 0 Å². The number of amides is 2. The number of nitrogens with one attached hydrogen (secondary N) is 1. The molecular formula is C12H14N2O3. The lowest BCUT2D eigenvalue weighted by Crippen LogP contribution is -2.30. The summed E-state index contributed by atoms with van der Waals surface area (Å²) in [6, 6.07) is 5.03. The third-order valence-corrected chi connectivity index (χ3v) is 3.07. The first-order chi connectivity index (χ1) is 8.09. The van der Waals surface area contributed by atoms with E-state index in [1.54, 1.807) is 12.1 Å². The van der Waals surface area contributed by atoms with Crippen molar-refractivity contribution in [2.24, 2.45) is 5.73 Å². The summed E-state index contributed by atoms with van der Waals surface area (Å²) in [5, 5.41) is 11.2. The zero-order chi connectivity index (χ0) is 12.4. The van der Waals surface area contributed by atoms with Crippen LogP contribution in [0.3, 0.4) is 0 Å². The van der Waals surface area contributed by atoms with Crippen LogP contribution in [-0.2, 0) is 6.42 Å². The highest BCUT2D eigenvalue weighted by molar-refractivity contribution is 5.94. The number of rotatable bonds is 2. The van der Waals surface area contributed by atoms with Crippen molar-refractivity contribution < 1.29 is 14.7 Å². The molecule has 1 atom stereocenters. The molecule has 0 bridgehead atoms. The number of nitrogens with two attached hydrogens (primary N) is 1. The zero-order valence-corrected chi connectivity index (χ0v) is 9.27. The summed E-state index contributed by atoms with van der Waals surface area (Å²) < 4.78 is 0. The average molecular weight is 234 g/mol. The lowest BCUT2D eigenvalue weighted by molar-refractivity contribution is 0.0999. The molecule has 0 fully saturated rings. The van der Waals surface area contributed by atoms with E-state index in [9.17, 15) is 9.59 Å². The third-order valence-electron chi connectivity index (χ3n) is 3.07. The number of hydrogen-bond acceptors (Lipinski definition) is 2. The first kappa shape index (κ1) is 11.4. The van der Waals surface area contributed by atoms with Crippen LogP contribution in [0.4, 0.5) is 4.79 Å². The summed E-state index contributed by atoms with van der Waals surface area (Å²) in [7, 11) is 0. The molecule has 2 rings (SSSR count). The van der Waals surface area contributed by atoms with E-state index in [1.807, 2.05) is 6.07 Å². The molecular weight excluding hydrogens is 220 g/mol. The Morgan fingerprint density at radius 3 is 2.82 bits per heavy atom. The van der Waals surface area contributed by atoms with Crippen LogP contribution >= 0.6 is 0 Å². The van der Waals surface area contributed by atoms with Gasteiger partial charge in [0.05, 0.1) is 6.04 Å². The van der Waals surface area contributed by atoms with Crippen molar-refractivity contribution in [3.8, 4) is 0 Å². The highest BCUT2D eigenvalue weighted by Crippen LogP contribution is 2.31. The molecule has 0 heterocycles. The van der Waals surface area contributed by atoms with Gasteiger partial charge >= 0.3 is 6.09 Å². The maximum Gasteiger partial charge on any atom is 0.405 e. The van der Waals surface area contributed by atoms with Crippen molar-refractivity contribution in [3.63, 3.8) is 0 Å². The van der Waals surface area contributed by atoms with E-state index in [0.717, 1.165) is 30.4 Å². The first-order valence-corrected chi connectivity index (χ1v) is 5.50. The molecule has 2 amide bonds. The zero-order valence-electron chi connectivity index (χ0n) is 9.27. The summed E-state index contributed by atoms with van der Waals surface area (Å²) in [5.74, 6) is -0.460. The predicted octanol–water partition coefficient (Wildman–Crippen LogP) is 1.43. The van der Waals surface area contributed by atoms with Gasteiger partial charge in [-0.3, -0.25) is 4.79 Å². The fourth-order valence-electron chi connectivity index (χ4n) is 2.38. The van der Waals surface area contributed by atoms with Crippen molar-refractivity contribution in [2.45, 2.75) is 25.3 Å². The quantitative estimate of drug-likeness (QED) is 0.722. The van der Waals surface area contributed by atoms with Gasteiger partial charge in [0.25, 0.3) is 0 Å². The minimum atomic E-state index is -1.05. The van der Waals surface area contributed by atoms with Crippen LogP contribution in [0.15, 0.2) is 18.2 Å². The van der Waals surface area contributed by atoms with E-state index >= 15 is 0 Å². The second-order valence-electron chi connectivity index (χ2n) is 4.13. The first-order valence-electron chi connectivity index (χ1n) is 5.50. The highest BCUT2D eigenvalue weighted by Gasteiger charge is 2.24. The summed E-state index contributed by atoms with van der Waals surface area (Å²) >= 11 is 0. The second-order valence-corrected chi connectivity index (χ2v) is 4.13. The Balaban J connectivity index is 2.42. The van der Waals surface area contributed by atoms with Gasteiger partial charge in [-0.2, -0.15) is 0 Å². The van der Waals surface area contributed by atoms with Crippen molar-refractivity contribution in [1.29, 1.82) is 0 Å². The van der Waals surface area contributed by atoms with Crippen LogP contribution in [0, 0.1) is 0 Å². The molecule has 0 saturated carbocycles. The van der Waals surface area contributed by atoms with Crippen molar-refractivity contribution in [3.05, 3.63) is 34.9 Å². The largest absolute Gasteiger partial charge is 0.465 e. The topological polar surface area (TPSA) is 92.4 Å². The fourth-order valence-corrected chi connectivity index (χ4v) is 2.38. The number of hydrogen-bond donors (Lipinski definition) is 3. The van der Waals surface area contributed by atoms with Gasteiger partial charge in [0, 0.05) is 5.56 Å². The van der Waals surface area contributed by atoms with E-state index < -0.39 is 12.0 Å². The van der Waals surface area contributed by atoms with Gasteiger partial charge in [-0.1, -0.05) is 12.1 Å². The van der Waals surface area contributed by atoms with Crippen LogP contribution in [0.2, 0.25) is 0 Å². The molecule has 17 heavy (non-hydrogen) atoms. The van der Waals surface area contributed by atoms with Gasteiger partial charge in [0.1, 0.15) is 0 Å². The summed E-state index contributed by atoms with van der Waals surface area (Å²) in [6.07, 6.45) is 1.32. The minimum Gasteiger partial charge on any atom is -0.465 e. The molecule has 0 saturated heterocycles. The maximum atomic E-state index is 11.3. The van der Waals surface area contributed by atoms with Crippen molar-refractivity contribution >= 4 is 12.0 Å². The van der Waals surface area contributed by atoms with Gasteiger partial charge < -0.3 is 16.2 Å². The fraction of sp³-hybridized carbons (Fsp3) is 0.333. The smallest absolute Gasteiger partial charge is 0.405 e. The molecule has 4 N–H and O–H groups in total. The maximum absolute atomic E-state index is 11.3. The predicted molar refractivity (Wildman–Crippen MR) is 61.8 cm³/mol. The van der Waals surface area contributed by atoms with Crippen LogP contribution < -0.4 is 11.1 Å². The average Bonchev–Trinajstić information content (AvgIpc) is 2.28. The Bertz CT molecular complexity index is 471. The SMILES string of the molecule is NC(=O)c1cccc2c1CCCC2NC(=O)O. The summed E-state index contributed by atoms with van der Waals surface area (Å²) in [5.41, 5.74) is 7.56. The van der Waals surface area contributed by atoms with E-state index in [1.165, 1.54) is 0 Å². The van der Waals surface area contributed by atoms with E-state index in [-0.39, 0.29) is 6.04 Å². The Morgan fingerprint density at radius 1 is 1.41 bits per heavy atom. The Kier molecular flexibility index (Phi) is 2.99. The number of carboxylic acid groups (broad SMARTS) is 1. The van der Waals surface area contributed by atoms with Crippen LogP contribution in [0.5, 0.6) is 0 Å². The van der Waals surface area contributed by atoms with E-state index in [0.29, 0.717) is 5.56 Å². The number of benzene rings is 1. The lowest BCUT2D eigenvalue weighted by Gasteiger charge is -2.26. The number of primary amides is 1. The monoisotopic (exact) mass is 234 g/mol. The standard InChI is InChI=1S/C12H14N2O3/c13-11(15)9-5-1-4-8-7(9)3-2-6-10(8)14-12(16)17/h1,4-5,10,14H,2-3,6H2,(H2,13,15)(H,16,17). The third kappa shape index (κ3) is 2.22.